The van der Waals surface area contributed by atoms with E-state index in [1.807, 2.05) is 23.6 Å². The van der Waals surface area contributed by atoms with Crippen molar-refractivity contribution in [3.05, 3.63) is 34.0 Å². The first-order valence-corrected chi connectivity index (χ1v) is 7.99. The molecule has 7 heteroatoms. The molecule has 108 valence electrons. The van der Waals surface area contributed by atoms with Gasteiger partial charge in [0.05, 0.1) is 6.04 Å². The fourth-order valence-electron chi connectivity index (χ4n) is 2.33. The number of anilines is 1. The molecule has 21 heavy (non-hydrogen) atoms. The number of rotatable bonds is 4. The zero-order valence-corrected chi connectivity index (χ0v) is 12.8. The molecule has 1 unspecified atom stereocenters. The van der Waals surface area contributed by atoms with Gasteiger partial charge in [0.15, 0.2) is 11.5 Å². The lowest BCUT2D eigenvalue weighted by Gasteiger charge is -2.11. The lowest BCUT2D eigenvalue weighted by molar-refractivity contribution is 0.794. The van der Waals surface area contributed by atoms with Gasteiger partial charge in [-0.25, -0.2) is 4.98 Å². The van der Waals surface area contributed by atoms with Gasteiger partial charge in [-0.1, -0.05) is 0 Å². The number of nitrogens with zero attached hydrogens (tertiary/aromatic N) is 5. The quantitative estimate of drug-likeness (QED) is 0.802. The van der Waals surface area contributed by atoms with Crippen LogP contribution in [-0.2, 0) is 0 Å². The van der Waals surface area contributed by atoms with Gasteiger partial charge in [0.1, 0.15) is 10.8 Å². The smallest absolute Gasteiger partial charge is 0.178 e. The van der Waals surface area contributed by atoms with Crippen molar-refractivity contribution in [1.82, 2.24) is 24.8 Å². The van der Waals surface area contributed by atoms with Gasteiger partial charge in [0.25, 0.3) is 0 Å². The minimum atomic E-state index is 0.134. The Bertz CT molecular complexity index is 788. The molecule has 1 aliphatic carbocycles. The Balaban J connectivity index is 1.62. The molecule has 0 radical (unpaired) electrons. The zero-order chi connectivity index (χ0) is 14.4. The van der Waals surface area contributed by atoms with Gasteiger partial charge in [-0.3, -0.25) is 0 Å². The van der Waals surface area contributed by atoms with E-state index in [2.05, 4.69) is 37.9 Å². The predicted octanol–water partition coefficient (Wildman–Crippen LogP) is 2.94. The highest BCUT2D eigenvalue weighted by molar-refractivity contribution is 7.09. The summed E-state index contributed by atoms with van der Waals surface area (Å²) in [5.74, 6) is 2.33. The van der Waals surface area contributed by atoms with Gasteiger partial charge in [-0.2, -0.15) is 4.52 Å². The van der Waals surface area contributed by atoms with Gasteiger partial charge < -0.3 is 5.32 Å². The molecule has 6 nitrogen and oxygen atoms in total. The van der Waals surface area contributed by atoms with Gasteiger partial charge in [0, 0.05) is 17.0 Å². The SMILES string of the molecule is Cc1csc(C(C)Nc2ccc3nnc(C4CC4)n3n2)n1. The Morgan fingerprint density at radius 3 is 2.90 bits per heavy atom. The van der Waals surface area contributed by atoms with Crippen LogP contribution < -0.4 is 5.32 Å². The lowest BCUT2D eigenvalue weighted by Crippen LogP contribution is -2.10. The first kappa shape index (κ1) is 12.7. The van der Waals surface area contributed by atoms with Crippen molar-refractivity contribution in [3.8, 4) is 0 Å². The minimum Gasteiger partial charge on any atom is -0.360 e. The molecule has 3 aromatic heterocycles. The number of hydrogen-bond donors (Lipinski definition) is 1. The number of fused-ring (bicyclic) bond motifs is 1. The Hall–Kier alpha value is -2.02. The normalized spacial score (nSPS) is 16.3. The van der Waals surface area contributed by atoms with Crippen molar-refractivity contribution >= 4 is 22.8 Å². The lowest BCUT2D eigenvalue weighted by atomic mass is 10.3. The summed E-state index contributed by atoms with van der Waals surface area (Å²) in [5.41, 5.74) is 1.86. The van der Waals surface area contributed by atoms with E-state index >= 15 is 0 Å². The maximum atomic E-state index is 4.63. The minimum absolute atomic E-state index is 0.134. The number of thiazole rings is 1. The Kier molecular flexibility index (Phi) is 2.88. The Labute approximate surface area is 126 Å². The second-order valence-electron chi connectivity index (χ2n) is 5.51. The molecule has 1 N–H and O–H groups in total. The summed E-state index contributed by atoms with van der Waals surface area (Å²) >= 11 is 1.67. The highest BCUT2D eigenvalue weighted by atomic mass is 32.1. The zero-order valence-electron chi connectivity index (χ0n) is 11.9. The number of nitrogens with one attached hydrogen (secondary N) is 1. The predicted molar refractivity (Wildman–Crippen MR) is 81.6 cm³/mol. The summed E-state index contributed by atoms with van der Waals surface area (Å²) in [6, 6.07) is 4.03. The first-order chi connectivity index (χ1) is 10.2. The van der Waals surface area contributed by atoms with E-state index < -0.39 is 0 Å². The van der Waals surface area contributed by atoms with Crippen LogP contribution >= 0.6 is 11.3 Å². The number of aromatic nitrogens is 5. The van der Waals surface area contributed by atoms with Crippen LogP contribution in [0.15, 0.2) is 17.5 Å². The van der Waals surface area contributed by atoms with E-state index in [1.54, 1.807) is 11.3 Å². The van der Waals surface area contributed by atoms with Crippen molar-refractivity contribution < 1.29 is 0 Å². The molecule has 0 bridgehead atoms. The average molecular weight is 300 g/mol. The third kappa shape index (κ3) is 2.37. The molecule has 1 saturated carbocycles. The topological polar surface area (TPSA) is 68.0 Å². The van der Waals surface area contributed by atoms with Crippen LogP contribution in [0, 0.1) is 6.92 Å². The van der Waals surface area contributed by atoms with Crippen LogP contribution in [0.4, 0.5) is 5.82 Å². The molecule has 0 aliphatic heterocycles. The van der Waals surface area contributed by atoms with Gasteiger partial charge in [0.2, 0.25) is 0 Å². The fraction of sp³-hybridized carbons (Fsp3) is 0.429. The molecule has 0 spiro atoms. The third-order valence-electron chi connectivity index (χ3n) is 3.60. The van der Waals surface area contributed by atoms with Gasteiger partial charge in [-0.15, -0.1) is 26.6 Å². The van der Waals surface area contributed by atoms with Crippen molar-refractivity contribution in [3.63, 3.8) is 0 Å². The molecule has 1 fully saturated rings. The monoisotopic (exact) mass is 300 g/mol. The highest BCUT2D eigenvalue weighted by Crippen LogP contribution is 2.38. The molecule has 3 aromatic rings. The summed E-state index contributed by atoms with van der Waals surface area (Å²) in [6.45, 7) is 4.11. The van der Waals surface area contributed by atoms with Gasteiger partial charge >= 0.3 is 0 Å². The van der Waals surface area contributed by atoms with Crippen LogP contribution in [0.2, 0.25) is 0 Å². The Morgan fingerprint density at radius 2 is 2.19 bits per heavy atom. The van der Waals surface area contributed by atoms with Gasteiger partial charge in [-0.05, 0) is 38.8 Å². The van der Waals surface area contributed by atoms with Crippen molar-refractivity contribution in [2.75, 3.05) is 5.32 Å². The second kappa shape index (κ2) is 4.77. The van der Waals surface area contributed by atoms with Crippen molar-refractivity contribution in [2.45, 2.75) is 38.6 Å². The molecule has 4 rings (SSSR count). The largest absolute Gasteiger partial charge is 0.360 e. The van der Waals surface area contributed by atoms with Crippen LogP contribution in [-0.4, -0.2) is 24.8 Å². The van der Waals surface area contributed by atoms with E-state index in [0.717, 1.165) is 28.0 Å². The van der Waals surface area contributed by atoms with Crippen molar-refractivity contribution in [1.29, 1.82) is 0 Å². The standard InChI is InChI=1S/C14H16N6S/c1-8-7-21-14(15-8)9(2)16-11-5-6-12-17-18-13(10-3-4-10)20(12)19-11/h5-7,9-10H,3-4H2,1-2H3,(H,16,19). The first-order valence-electron chi connectivity index (χ1n) is 7.11. The van der Waals surface area contributed by atoms with E-state index in [-0.39, 0.29) is 6.04 Å². The molecule has 3 heterocycles. The van der Waals surface area contributed by atoms with Crippen LogP contribution in [0.25, 0.3) is 5.65 Å². The van der Waals surface area contributed by atoms with Crippen molar-refractivity contribution in [2.24, 2.45) is 0 Å². The van der Waals surface area contributed by atoms with E-state index in [4.69, 9.17) is 0 Å². The van der Waals surface area contributed by atoms with Crippen LogP contribution in [0.1, 0.15) is 48.3 Å². The average Bonchev–Trinajstić information content (AvgIpc) is 3.08. The summed E-state index contributed by atoms with van der Waals surface area (Å²) in [6.07, 6.45) is 2.38. The summed E-state index contributed by atoms with van der Waals surface area (Å²) < 4.78 is 1.86. The molecular formula is C14H16N6S. The van der Waals surface area contributed by atoms with E-state index in [1.165, 1.54) is 12.8 Å². The second-order valence-corrected chi connectivity index (χ2v) is 6.40. The van der Waals surface area contributed by atoms with Crippen LogP contribution in [0.3, 0.4) is 0 Å². The number of aryl methyl sites for hydroxylation is 1. The Morgan fingerprint density at radius 1 is 1.33 bits per heavy atom. The summed E-state index contributed by atoms with van der Waals surface area (Å²) in [5, 5.41) is 19.6. The fourth-order valence-corrected chi connectivity index (χ4v) is 3.14. The molecular weight excluding hydrogens is 284 g/mol. The molecule has 1 atom stereocenters. The van der Waals surface area contributed by atoms with E-state index in [0.29, 0.717) is 5.92 Å². The summed E-state index contributed by atoms with van der Waals surface area (Å²) in [4.78, 5) is 4.51. The van der Waals surface area contributed by atoms with Crippen LogP contribution in [0.5, 0.6) is 0 Å². The number of hydrogen-bond acceptors (Lipinski definition) is 6. The summed E-state index contributed by atoms with van der Waals surface area (Å²) in [7, 11) is 0. The molecule has 1 aliphatic rings. The maximum absolute atomic E-state index is 4.63. The third-order valence-corrected chi connectivity index (χ3v) is 4.75. The molecule has 0 amide bonds. The maximum Gasteiger partial charge on any atom is 0.178 e. The van der Waals surface area contributed by atoms with E-state index in [9.17, 15) is 0 Å². The molecule has 0 aromatic carbocycles. The highest BCUT2D eigenvalue weighted by Gasteiger charge is 2.29. The molecule has 0 saturated heterocycles.